The van der Waals surface area contributed by atoms with Crippen LogP contribution in [0.5, 0.6) is 5.75 Å². The van der Waals surface area contributed by atoms with Crippen LogP contribution in [0.15, 0.2) is 48.5 Å². The SMILES string of the molecule is COc1ccccc1C(=O)NCc1ccc(-c2nn(C3CC(C)(C)OC3(C)C)c(N)c2C#N)cc1. The van der Waals surface area contributed by atoms with Crippen LogP contribution in [0.3, 0.4) is 0 Å². The number of aromatic nitrogens is 2. The number of carbonyl (C=O) groups is 1. The van der Waals surface area contributed by atoms with E-state index in [0.717, 1.165) is 17.5 Å². The number of para-hydroxylation sites is 1. The predicted octanol–water partition coefficient (Wildman–Crippen LogP) is 4.46. The average molecular weight is 474 g/mol. The van der Waals surface area contributed by atoms with Crippen LogP contribution in [0.4, 0.5) is 5.82 Å². The number of rotatable bonds is 6. The maximum Gasteiger partial charge on any atom is 0.255 e. The molecule has 2 aromatic carbocycles. The molecule has 1 saturated heterocycles. The molecular weight excluding hydrogens is 442 g/mol. The van der Waals surface area contributed by atoms with Gasteiger partial charge in [0.15, 0.2) is 0 Å². The first kappa shape index (κ1) is 24.3. The van der Waals surface area contributed by atoms with E-state index in [1.54, 1.807) is 22.9 Å². The normalized spacial score (nSPS) is 18.1. The topological polar surface area (TPSA) is 115 Å². The molecule has 8 heteroatoms. The van der Waals surface area contributed by atoms with Gasteiger partial charge in [0.2, 0.25) is 0 Å². The van der Waals surface area contributed by atoms with Crippen LogP contribution in [0.1, 0.15) is 61.6 Å². The Hall–Kier alpha value is -3.83. The second kappa shape index (κ2) is 9.08. The molecule has 3 N–H and O–H groups in total. The van der Waals surface area contributed by atoms with E-state index in [0.29, 0.717) is 34.9 Å². The standard InChI is InChI=1S/C27H31N5O3/c1-26(2)14-22(27(3,4)35-26)32-24(29)20(15-28)23(31-32)18-12-10-17(11-13-18)16-30-25(33)19-8-6-7-9-21(19)34-5/h6-13,22H,14,16,29H2,1-5H3,(H,30,33). The number of nitrogens with zero attached hydrogens (tertiary/aromatic N) is 3. The Labute approximate surface area is 205 Å². The number of carbonyl (C=O) groups excluding carboxylic acids is 1. The number of nitrogens with two attached hydrogens (primary N) is 1. The van der Waals surface area contributed by atoms with Crippen LogP contribution in [-0.2, 0) is 11.3 Å². The summed E-state index contributed by atoms with van der Waals surface area (Å²) < 4.78 is 13.2. The molecule has 1 aliphatic rings. The van der Waals surface area contributed by atoms with Crippen LogP contribution in [0, 0.1) is 11.3 Å². The van der Waals surface area contributed by atoms with Gasteiger partial charge in [-0.25, -0.2) is 4.68 Å². The second-order valence-electron chi connectivity index (χ2n) is 9.93. The monoisotopic (exact) mass is 473 g/mol. The third-order valence-corrected chi connectivity index (χ3v) is 6.41. The van der Waals surface area contributed by atoms with E-state index in [1.807, 2.05) is 58.0 Å². The molecule has 3 aromatic rings. The minimum atomic E-state index is -0.475. The van der Waals surface area contributed by atoms with Crippen LogP contribution < -0.4 is 15.8 Å². The van der Waals surface area contributed by atoms with Gasteiger partial charge >= 0.3 is 0 Å². The van der Waals surface area contributed by atoms with Gasteiger partial charge in [-0.15, -0.1) is 0 Å². The molecule has 0 aliphatic carbocycles. The molecule has 35 heavy (non-hydrogen) atoms. The van der Waals surface area contributed by atoms with Crippen molar-refractivity contribution in [2.24, 2.45) is 0 Å². The summed E-state index contributed by atoms with van der Waals surface area (Å²) in [4.78, 5) is 12.6. The van der Waals surface area contributed by atoms with Gasteiger partial charge in [-0.2, -0.15) is 10.4 Å². The molecule has 0 saturated carbocycles. The molecule has 4 rings (SSSR count). The Bertz CT molecular complexity index is 1290. The lowest BCUT2D eigenvalue weighted by atomic mass is 9.94. The molecule has 0 bridgehead atoms. The lowest BCUT2D eigenvalue weighted by Crippen LogP contribution is -2.32. The van der Waals surface area contributed by atoms with E-state index in [-0.39, 0.29) is 17.6 Å². The quantitative estimate of drug-likeness (QED) is 0.546. The van der Waals surface area contributed by atoms with Gasteiger partial charge in [0, 0.05) is 18.5 Å². The first-order valence-corrected chi connectivity index (χ1v) is 11.5. The van der Waals surface area contributed by atoms with Gasteiger partial charge in [-0.3, -0.25) is 4.79 Å². The van der Waals surface area contributed by atoms with Gasteiger partial charge < -0.3 is 20.5 Å². The molecule has 1 atom stereocenters. The van der Waals surface area contributed by atoms with E-state index in [1.165, 1.54) is 7.11 Å². The molecule has 1 aromatic heterocycles. The summed E-state index contributed by atoms with van der Waals surface area (Å²) in [6.45, 7) is 8.49. The lowest BCUT2D eigenvalue weighted by molar-refractivity contribution is -0.0735. The Morgan fingerprint density at radius 1 is 1.23 bits per heavy atom. The zero-order chi connectivity index (χ0) is 25.4. The highest BCUT2D eigenvalue weighted by Gasteiger charge is 2.48. The fourth-order valence-corrected chi connectivity index (χ4v) is 4.80. The minimum Gasteiger partial charge on any atom is -0.496 e. The zero-order valence-electron chi connectivity index (χ0n) is 20.8. The fraction of sp³-hybridized carbons (Fsp3) is 0.370. The van der Waals surface area contributed by atoms with Gasteiger partial charge in [0.25, 0.3) is 5.91 Å². The molecule has 182 valence electrons. The molecule has 0 spiro atoms. The molecule has 1 fully saturated rings. The van der Waals surface area contributed by atoms with E-state index in [4.69, 9.17) is 20.3 Å². The van der Waals surface area contributed by atoms with E-state index < -0.39 is 5.60 Å². The third-order valence-electron chi connectivity index (χ3n) is 6.41. The number of ether oxygens (including phenoxy) is 2. The summed E-state index contributed by atoms with van der Waals surface area (Å²) in [6.07, 6.45) is 0.737. The highest BCUT2D eigenvalue weighted by atomic mass is 16.5. The highest BCUT2D eigenvalue weighted by Crippen LogP contribution is 2.46. The minimum absolute atomic E-state index is 0.0946. The molecule has 8 nitrogen and oxygen atoms in total. The number of nitriles is 1. The van der Waals surface area contributed by atoms with Crippen LogP contribution in [-0.4, -0.2) is 34.0 Å². The number of anilines is 1. The Balaban J connectivity index is 1.54. The number of hydrogen-bond acceptors (Lipinski definition) is 6. The number of benzene rings is 2. The van der Waals surface area contributed by atoms with Crippen molar-refractivity contribution in [3.8, 4) is 23.1 Å². The van der Waals surface area contributed by atoms with Gasteiger partial charge in [-0.05, 0) is 45.4 Å². The molecule has 2 heterocycles. The van der Waals surface area contributed by atoms with Crippen molar-refractivity contribution in [3.05, 3.63) is 65.2 Å². The van der Waals surface area contributed by atoms with Crippen molar-refractivity contribution in [3.63, 3.8) is 0 Å². The van der Waals surface area contributed by atoms with Crippen LogP contribution >= 0.6 is 0 Å². The lowest BCUT2D eigenvalue weighted by Gasteiger charge is -2.27. The van der Waals surface area contributed by atoms with E-state index in [9.17, 15) is 10.1 Å². The largest absolute Gasteiger partial charge is 0.496 e. The third kappa shape index (κ3) is 4.73. The number of methoxy groups -OCH3 is 1. The summed E-state index contributed by atoms with van der Waals surface area (Å²) in [5, 5.41) is 17.5. The first-order chi connectivity index (χ1) is 16.6. The average Bonchev–Trinajstić information content (AvgIpc) is 3.27. The van der Waals surface area contributed by atoms with Crippen molar-refractivity contribution in [2.45, 2.75) is 57.9 Å². The maximum atomic E-state index is 12.6. The summed E-state index contributed by atoms with van der Waals surface area (Å²) in [7, 11) is 1.54. The second-order valence-corrected chi connectivity index (χ2v) is 9.93. The Morgan fingerprint density at radius 2 is 1.91 bits per heavy atom. The summed E-state index contributed by atoms with van der Waals surface area (Å²) in [5.41, 5.74) is 8.67. The van der Waals surface area contributed by atoms with Gasteiger partial charge in [0.05, 0.1) is 29.9 Å². The Kier molecular flexibility index (Phi) is 6.30. The van der Waals surface area contributed by atoms with Crippen LogP contribution in [0.2, 0.25) is 0 Å². The smallest absolute Gasteiger partial charge is 0.255 e. The number of amides is 1. The van der Waals surface area contributed by atoms with Crippen molar-refractivity contribution in [2.75, 3.05) is 12.8 Å². The van der Waals surface area contributed by atoms with Gasteiger partial charge in [0.1, 0.15) is 28.9 Å². The summed E-state index contributed by atoms with van der Waals surface area (Å²) in [6, 6.07) is 16.8. The van der Waals surface area contributed by atoms with Crippen molar-refractivity contribution in [1.82, 2.24) is 15.1 Å². The summed E-state index contributed by atoms with van der Waals surface area (Å²) >= 11 is 0. The fourth-order valence-electron chi connectivity index (χ4n) is 4.80. The zero-order valence-corrected chi connectivity index (χ0v) is 20.8. The molecule has 1 aliphatic heterocycles. The maximum absolute atomic E-state index is 12.6. The van der Waals surface area contributed by atoms with E-state index in [2.05, 4.69) is 11.4 Å². The number of nitrogen functional groups attached to an aromatic ring is 1. The molecule has 1 amide bonds. The van der Waals surface area contributed by atoms with Gasteiger partial charge in [-0.1, -0.05) is 36.4 Å². The van der Waals surface area contributed by atoms with Crippen molar-refractivity contribution < 1.29 is 14.3 Å². The van der Waals surface area contributed by atoms with Crippen molar-refractivity contribution >= 4 is 11.7 Å². The summed E-state index contributed by atoms with van der Waals surface area (Å²) in [5.74, 6) is 0.654. The first-order valence-electron chi connectivity index (χ1n) is 11.5. The van der Waals surface area contributed by atoms with E-state index >= 15 is 0 Å². The Morgan fingerprint density at radius 3 is 2.51 bits per heavy atom. The molecule has 1 unspecified atom stereocenters. The number of nitrogens with one attached hydrogen (secondary N) is 1. The molecular formula is C27H31N5O3. The number of hydrogen-bond donors (Lipinski definition) is 2. The predicted molar refractivity (Wildman–Crippen MR) is 134 cm³/mol. The van der Waals surface area contributed by atoms with Crippen molar-refractivity contribution in [1.29, 1.82) is 5.26 Å². The highest BCUT2D eigenvalue weighted by molar-refractivity contribution is 5.96. The molecule has 0 radical (unpaired) electrons. The van der Waals surface area contributed by atoms with Crippen LogP contribution in [0.25, 0.3) is 11.3 Å².